The minimum Gasteiger partial charge on any atom is -0.0839 e. The molecule has 0 spiro atoms. The summed E-state index contributed by atoms with van der Waals surface area (Å²) in [7, 11) is 0. The van der Waals surface area contributed by atoms with Crippen LogP contribution in [0.2, 0.25) is 0 Å². The summed E-state index contributed by atoms with van der Waals surface area (Å²) in [5.74, 6) is 1.61. The highest BCUT2D eigenvalue weighted by atomic mass is 14.4. The molecule has 0 saturated heterocycles. The molecule has 0 bridgehead atoms. The van der Waals surface area contributed by atoms with E-state index < -0.39 is 0 Å². The van der Waals surface area contributed by atoms with Crippen molar-refractivity contribution in [2.24, 2.45) is 17.3 Å². The van der Waals surface area contributed by atoms with E-state index in [1.54, 1.807) is 0 Å². The second-order valence-electron chi connectivity index (χ2n) is 7.00. The molecule has 30 heavy (non-hydrogen) atoms. The van der Waals surface area contributed by atoms with Gasteiger partial charge in [-0.3, -0.25) is 0 Å². The molecule has 3 atom stereocenters. The molecule has 4 aliphatic rings. The average molecular weight is 409 g/mol. The third kappa shape index (κ3) is 7.15. The van der Waals surface area contributed by atoms with Crippen LogP contribution in [0.5, 0.6) is 0 Å². The minimum atomic E-state index is -0.0217. The molecule has 0 N–H and O–H groups in total. The van der Waals surface area contributed by atoms with E-state index in [0.717, 1.165) is 24.7 Å². The van der Waals surface area contributed by atoms with Crippen LogP contribution >= 0.6 is 0 Å². The number of hydrogen-bond donors (Lipinski definition) is 0. The predicted molar refractivity (Wildman–Crippen MR) is 140 cm³/mol. The monoisotopic (exact) mass is 408 g/mol. The molecular formula is C30H48. The van der Waals surface area contributed by atoms with Gasteiger partial charge < -0.3 is 0 Å². The molecule has 0 heterocycles. The first kappa shape index (κ1) is 28.2. The molecular weight excluding hydrogens is 360 g/mol. The lowest BCUT2D eigenvalue weighted by Gasteiger charge is -2.36. The van der Waals surface area contributed by atoms with Gasteiger partial charge in [-0.25, -0.2) is 0 Å². The van der Waals surface area contributed by atoms with Gasteiger partial charge in [-0.1, -0.05) is 122 Å². The quantitative estimate of drug-likeness (QED) is 0.435. The van der Waals surface area contributed by atoms with Crippen molar-refractivity contribution in [3.05, 3.63) is 83.6 Å². The van der Waals surface area contributed by atoms with Gasteiger partial charge in [0, 0.05) is 5.41 Å². The Kier molecular flexibility index (Phi) is 15.0. The van der Waals surface area contributed by atoms with Crippen LogP contribution in [0, 0.1) is 17.3 Å². The number of hydrogen-bond acceptors (Lipinski definition) is 0. The van der Waals surface area contributed by atoms with Gasteiger partial charge >= 0.3 is 0 Å². The Labute approximate surface area is 188 Å². The van der Waals surface area contributed by atoms with Gasteiger partial charge in [-0.15, -0.1) is 0 Å². The maximum Gasteiger partial charge on any atom is 0.0416 e. The molecule has 0 aromatic rings. The molecule has 4 aliphatic carbocycles. The Balaban J connectivity index is 0.000000948. The normalized spacial score (nSPS) is 24.0. The molecule has 168 valence electrons. The van der Waals surface area contributed by atoms with Gasteiger partial charge in [0.15, 0.2) is 0 Å². The zero-order valence-corrected chi connectivity index (χ0v) is 21.3. The molecule has 0 heteroatoms. The summed E-state index contributed by atoms with van der Waals surface area (Å²) in [5.41, 5.74) is 4.33. The van der Waals surface area contributed by atoms with E-state index in [-0.39, 0.29) is 5.41 Å². The van der Waals surface area contributed by atoms with Crippen molar-refractivity contribution >= 4 is 0 Å². The molecule has 0 aromatic heterocycles. The van der Waals surface area contributed by atoms with E-state index in [4.69, 9.17) is 0 Å². The maximum atomic E-state index is 2.54. The highest BCUT2D eigenvalue weighted by Crippen LogP contribution is 2.52. The molecule has 1 fully saturated rings. The summed E-state index contributed by atoms with van der Waals surface area (Å²) >= 11 is 0. The van der Waals surface area contributed by atoms with Crippen LogP contribution in [-0.4, -0.2) is 0 Å². The Morgan fingerprint density at radius 3 is 1.97 bits per heavy atom. The Morgan fingerprint density at radius 2 is 1.37 bits per heavy atom. The van der Waals surface area contributed by atoms with E-state index >= 15 is 0 Å². The number of fused-ring (bicyclic) bond motifs is 1. The average Bonchev–Trinajstić information content (AvgIpc) is 3.67. The van der Waals surface area contributed by atoms with Crippen LogP contribution in [0.25, 0.3) is 0 Å². The largest absolute Gasteiger partial charge is 0.0839 e. The van der Waals surface area contributed by atoms with Crippen molar-refractivity contribution in [2.75, 3.05) is 0 Å². The van der Waals surface area contributed by atoms with Crippen LogP contribution in [0.4, 0.5) is 0 Å². The fourth-order valence-electron chi connectivity index (χ4n) is 3.89. The summed E-state index contributed by atoms with van der Waals surface area (Å²) < 4.78 is 0. The molecule has 0 aliphatic heterocycles. The summed E-state index contributed by atoms with van der Waals surface area (Å²) in [6, 6.07) is 0. The third-order valence-corrected chi connectivity index (χ3v) is 5.52. The van der Waals surface area contributed by atoms with Gasteiger partial charge in [-0.05, 0) is 61.2 Å². The highest BCUT2D eigenvalue weighted by Gasteiger charge is 2.41. The summed E-state index contributed by atoms with van der Waals surface area (Å²) in [5, 5.41) is 0. The van der Waals surface area contributed by atoms with Crippen molar-refractivity contribution in [1.82, 2.24) is 0 Å². The van der Waals surface area contributed by atoms with E-state index in [9.17, 15) is 0 Å². The van der Waals surface area contributed by atoms with Gasteiger partial charge in [-0.2, -0.15) is 0 Å². The molecule has 0 aromatic carbocycles. The Bertz CT molecular complexity index is 675. The standard InChI is InChI=1S/C22H24.4C2H6/c1-22(20-11-7-4-8-12-20,19-9-5-2-3-6-10-19)21-14-13-17-15-18(17)16-21;4*1-2/h2,5-7,9-14,16-18H,3-4,8,15H2,1H3;4*1-2H3. The van der Waals surface area contributed by atoms with E-state index in [1.165, 1.54) is 29.6 Å². The van der Waals surface area contributed by atoms with E-state index in [0.29, 0.717) is 0 Å². The highest BCUT2D eigenvalue weighted by molar-refractivity contribution is 5.55. The zero-order valence-electron chi connectivity index (χ0n) is 21.3. The van der Waals surface area contributed by atoms with Gasteiger partial charge in [0.05, 0.1) is 0 Å². The van der Waals surface area contributed by atoms with Crippen molar-refractivity contribution in [2.45, 2.75) is 88.0 Å². The lowest BCUT2D eigenvalue weighted by molar-refractivity contribution is 0.600. The Hall–Kier alpha value is -1.82. The zero-order chi connectivity index (χ0) is 23.0. The molecule has 0 amide bonds. The fourth-order valence-corrected chi connectivity index (χ4v) is 3.89. The molecule has 0 radical (unpaired) electrons. The van der Waals surface area contributed by atoms with E-state index in [1.807, 2.05) is 55.4 Å². The van der Waals surface area contributed by atoms with Crippen molar-refractivity contribution in [1.29, 1.82) is 0 Å². The van der Waals surface area contributed by atoms with Crippen molar-refractivity contribution < 1.29 is 0 Å². The van der Waals surface area contributed by atoms with Crippen molar-refractivity contribution in [3.63, 3.8) is 0 Å². The van der Waals surface area contributed by atoms with Gasteiger partial charge in [0.1, 0.15) is 0 Å². The first-order valence-corrected chi connectivity index (χ1v) is 12.6. The van der Waals surface area contributed by atoms with Crippen molar-refractivity contribution in [3.8, 4) is 0 Å². The van der Waals surface area contributed by atoms with Crippen LogP contribution in [0.3, 0.4) is 0 Å². The predicted octanol–water partition coefficient (Wildman–Crippen LogP) is 9.95. The first-order chi connectivity index (χ1) is 14.8. The fraction of sp³-hybridized carbons (Fsp3) is 0.533. The maximum absolute atomic E-state index is 2.54. The summed E-state index contributed by atoms with van der Waals surface area (Å²) in [4.78, 5) is 0. The first-order valence-electron chi connectivity index (χ1n) is 12.6. The second kappa shape index (κ2) is 15.9. The minimum absolute atomic E-state index is 0.0217. The van der Waals surface area contributed by atoms with Crippen LogP contribution in [0.1, 0.15) is 88.0 Å². The van der Waals surface area contributed by atoms with Gasteiger partial charge in [0.2, 0.25) is 0 Å². The number of rotatable bonds is 3. The number of allylic oxidation sites excluding steroid dienone is 14. The molecule has 1 saturated carbocycles. The second-order valence-corrected chi connectivity index (χ2v) is 7.00. The van der Waals surface area contributed by atoms with Crippen LogP contribution in [-0.2, 0) is 0 Å². The third-order valence-electron chi connectivity index (χ3n) is 5.52. The topological polar surface area (TPSA) is 0 Å². The SMILES string of the molecule is CC.CC.CC.CC.CC(C1=CC=CCC=C1)(C1=CCCC=C1)C1=CC2CC2C=C1. The van der Waals surface area contributed by atoms with E-state index in [2.05, 4.69) is 73.8 Å². The molecule has 0 nitrogen and oxygen atoms in total. The Morgan fingerprint density at radius 1 is 0.700 bits per heavy atom. The lowest BCUT2D eigenvalue weighted by atomic mass is 9.67. The van der Waals surface area contributed by atoms with Gasteiger partial charge in [0.25, 0.3) is 0 Å². The molecule has 3 unspecified atom stereocenters. The summed E-state index contributed by atoms with van der Waals surface area (Å²) in [6.07, 6.45) is 30.6. The molecule has 4 rings (SSSR count). The smallest absolute Gasteiger partial charge is 0.0416 e. The summed E-state index contributed by atoms with van der Waals surface area (Å²) in [6.45, 7) is 18.4. The van der Waals surface area contributed by atoms with Crippen LogP contribution in [0.15, 0.2) is 83.6 Å². The van der Waals surface area contributed by atoms with Crippen LogP contribution < -0.4 is 0 Å². The lowest BCUT2D eigenvalue weighted by Crippen LogP contribution is -2.24.